The van der Waals surface area contributed by atoms with Crippen LogP contribution < -0.4 is 9.47 Å². The Morgan fingerprint density at radius 1 is 1.09 bits per heavy atom. The molecule has 23 heavy (non-hydrogen) atoms. The fourth-order valence-electron chi connectivity index (χ4n) is 1.79. The predicted molar refractivity (Wildman–Crippen MR) is 93.4 cm³/mol. The minimum Gasteiger partial charge on any atom is -0.497 e. The van der Waals surface area contributed by atoms with Crippen LogP contribution in [0.2, 0.25) is 10.0 Å². The third-order valence-electron chi connectivity index (χ3n) is 3.00. The van der Waals surface area contributed by atoms with Crippen molar-refractivity contribution in [3.8, 4) is 11.5 Å². The highest BCUT2D eigenvalue weighted by molar-refractivity contribution is 6.42. The topological polar surface area (TPSA) is 51.0 Å². The minimum absolute atomic E-state index is 0.158. The van der Waals surface area contributed by atoms with Gasteiger partial charge in [0.2, 0.25) is 0 Å². The van der Waals surface area contributed by atoms with Crippen LogP contribution in [0, 0.1) is 0 Å². The van der Waals surface area contributed by atoms with Gasteiger partial charge in [-0.05, 0) is 42.0 Å². The molecule has 0 amide bonds. The van der Waals surface area contributed by atoms with E-state index in [-0.39, 0.29) is 13.2 Å². The summed E-state index contributed by atoms with van der Waals surface area (Å²) >= 11 is 11.8. The summed E-state index contributed by atoms with van der Waals surface area (Å²) in [7, 11) is 1.60. The van der Waals surface area contributed by atoms with Gasteiger partial charge in [-0.2, -0.15) is 0 Å². The van der Waals surface area contributed by atoms with Crippen molar-refractivity contribution in [1.82, 2.24) is 0 Å². The fourth-order valence-corrected chi connectivity index (χ4v) is 2.10. The highest BCUT2D eigenvalue weighted by atomic mass is 35.5. The van der Waals surface area contributed by atoms with Gasteiger partial charge >= 0.3 is 0 Å². The van der Waals surface area contributed by atoms with Crippen molar-refractivity contribution in [2.75, 3.05) is 20.3 Å². The monoisotopic (exact) mass is 353 g/mol. The molecule has 2 rings (SSSR count). The second kappa shape index (κ2) is 8.77. The smallest absolute Gasteiger partial charge is 0.119 e. The number of aliphatic hydroxyl groups is 1. The first-order chi connectivity index (χ1) is 11.1. The zero-order chi connectivity index (χ0) is 16.7. The molecule has 0 unspecified atom stereocenters. The molecule has 0 heterocycles. The molecule has 0 spiro atoms. The van der Waals surface area contributed by atoms with Gasteiger partial charge < -0.3 is 14.6 Å². The van der Waals surface area contributed by atoms with Crippen LogP contribution >= 0.6 is 23.2 Å². The van der Waals surface area contributed by atoms with Gasteiger partial charge in [-0.3, -0.25) is 4.99 Å². The first-order valence-electron chi connectivity index (χ1n) is 6.98. The number of benzene rings is 2. The Hall–Kier alpha value is -1.75. The lowest BCUT2D eigenvalue weighted by Crippen LogP contribution is -2.20. The number of halogens is 2. The van der Waals surface area contributed by atoms with Gasteiger partial charge in [0, 0.05) is 6.21 Å². The Labute approximate surface area is 145 Å². The summed E-state index contributed by atoms with van der Waals surface area (Å²) in [5.41, 5.74) is 0.822. The number of nitrogens with zero attached hydrogens (tertiary/aromatic N) is 1. The van der Waals surface area contributed by atoms with Crippen molar-refractivity contribution in [2.24, 2.45) is 4.99 Å². The fraction of sp³-hybridized carbons (Fsp3) is 0.235. The molecule has 0 fully saturated rings. The van der Waals surface area contributed by atoms with Crippen molar-refractivity contribution in [2.45, 2.75) is 6.10 Å². The molecule has 1 atom stereocenters. The second-order valence-corrected chi connectivity index (χ2v) is 5.62. The van der Waals surface area contributed by atoms with Gasteiger partial charge in [-0.25, -0.2) is 0 Å². The van der Waals surface area contributed by atoms with Crippen LogP contribution in [-0.4, -0.2) is 37.7 Å². The molecule has 2 aromatic carbocycles. The maximum absolute atomic E-state index is 9.88. The van der Waals surface area contributed by atoms with E-state index >= 15 is 0 Å². The molecule has 0 radical (unpaired) electrons. The molecule has 0 aliphatic heterocycles. The lowest BCUT2D eigenvalue weighted by Gasteiger charge is -2.10. The Bertz CT molecular complexity index is 659. The van der Waals surface area contributed by atoms with Crippen LogP contribution in [0.3, 0.4) is 0 Å². The van der Waals surface area contributed by atoms with Crippen LogP contribution in [0.1, 0.15) is 5.56 Å². The minimum atomic E-state index is -0.698. The summed E-state index contributed by atoms with van der Waals surface area (Å²) in [6.07, 6.45) is 0.940. The third kappa shape index (κ3) is 5.75. The zero-order valence-corrected chi connectivity index (χ0v) is 14.1. The molecule has 1 N–H and O–H groups in total. The lowest BCUT2D eigenvalue weighted by molar-refractivity contribution is 0.114. The normalized spacial score (nSPS) is 12.3. The van der Waals surface area contributed by atoms with Crippen LogP contribution in [0.15, 0.2) is 47.5 Å². The molecule has 0 bridgehead atoms. The molecule has 0 saturated carbocycles. The van der Waals surface area contributed by atoms with Crippen molar-refractivity contribution in [3.05, 3.63) is 58.1 Å². The maximum atomic E-state index is 9.88. The Morgan fingerprint density at radius 3 is 2.43 bits per heavy atom. The van der Waals surface area contributed by atoms with Crippen molar-refractivity contribution in [1.29, 1.82) is 0 Å². The van der Waals surface area contributed by atoms with Crippen LogP contribution in [0.5, 0.6) is 11.5 Å². The largest absolute Gasteiger partial charge is 0.497 e. The zero-order valence-electron chi connectivity index (χ0n) is 12.6. The molecule has 0 aromatic heterocycles. The Morgan fingerprint density at radius 2 is 1.78 bits per heavy atom. The van der Waals surface area contributed by atoms with Crippen molar-refractivity contribution >= 4 is 29.4 Å². The first-order valence-corrected chi connectivity index (χ1v) is 7.74. The molecule has 4 nitrogen and oxygen atoms in total. The average Bonchev–Trinajstić information content (AvgIpc) is 2.56. The van der Waals surface area contributed by atoms with E-state index < -0.39 is 6.10 Å². The molecule has 122 valence electrons. The van der Waals surface area contributed by atoms with E-state index in [1.165, 1.54) is 0 Å². The summed E-state index contributed by atoms with van der Waals surface area (Å²) in [5, 5.41) is 10.8. The van der Waals surface area contributed by atoms with Gasteiger partial charge in [0.25, 0.3) is 0 Å². The van der Waals surface area contributed by atoms with Crippen molar-refractivity contribution in [3.63, 3.8) is 0 Å². The summed E-state index contributed by atoms with van der Waals surface area (Å²) in [4.78, 5) is 4.18. The Kier molecular flexibility index (Phi) is 6.71. The van der Waals surface area contributed by atoms with Gasteiger partial charge in [-0.15, -0.1) is 0 Å². The lowest BCUT2D eigenvalue weighted by atomic mass is 10.2. The third-order valence-corrected chi connectivity index (χ3v) is 3.74. The quantitative estimate of drug-likeness (QED) is 0.768. The van der Waals surface area contributed by atoms with Crippen LogP contribution in [0.25, 0.3) is 0 Å². The second-order valence-electron chi connectivity index (χ2n) is 4.81. The molecule has 2 aromatic rings. The highest BCUT2D eigenvalue weighted by Crippen LogP contribution is 2.21. The SMILES string of the molecule is COc1ccc(OC[C@H](O)CN=Cc2ccc(Cl)c(Cl)c2)cc1. The van der Waals surface area contributed by atoms with E-state index in [1.54, 1.807) is 55.8 Å². The van der Waals surface area contributed by atoms with E-state index in [2.05, 4.69) is 4.99 Å². The summed E-state index contributed by atoms with van der Waals surface area (Å²) in [6.45, 7) is 0.390. The Balaban J connectivity index is 1.78. The average molecular weight is 354 g/mol. The number of methoxy groups -OCH3 is 1. The van der Waals surface area contributed by atoms with E-state index in [1.807, 2.05) is 0 Å². The predicted octanol–water partition coefficient (Wildman–Crippen LogP) is 3.86. The summed E-state index contributed by atoms with van der Waals surface area (Å²) < 4.78 is 10.6. The van der Waals surface area contributed by atoms with Crippen molar-refractivity contribution < 1.29 is 14.6 Å². The number of hydrogen-bond donors (Lipinski definition) is 1. The standard InChI is InChI=1S/C17H17Cl2NO3/c1-22-14-3-5-15(6-4-14)23-11-13(21)10-20-9-12-2-7-16(18)17(19)8-12/h2-9,13,21H,10-11H2,1H3/t13-/m1/s1. The molecule has 0 aliphatic rings. The number of aliphatic hydroxyl groups excluding tert-OH is 1. The molecular weight excluding hydrogens is 337 g/mol. The summed E-state index contributed by atoms with van der Waals surface area (Å²) in [6, 6.07) is 12.4. The number of rotatable bonds is 7. The first kappa shape index (κ1) is 17.6. The van der Waals surface area contributed by atoms with E-state index in [0.29, 0.717) is 15.8 Å². The molecule has 0 saturated heterocycles. The maximum Gasteiger partial charge on any atom is 0.119 e. The van der Waals surface area contributed by atoms with E-state index in [0.717, 1.165) is 11.3 Å². The van der Waals surface area contributed by atoms with Crippen LogP contribution in [-0.2, 0) is 0 Å². The molecule has 0 aliphatic carbocycles. The van der Waals surface area contributed by atoms with Crippen LogP contribution in [0.4, 0.5) is 0 Å². The van der Waals surface area contributed by atoms with E-state index in [9.17, 15) is 5.11 Å². The number of hydrogen-bond acceptors (Lipinski definition) is 4. The summed E-state index contributed by atoms with van der Waals surface area (Å²) in [5.74, 6) is 1.42. The highest BCUT2D eigenvalue weighted by Gasteiger charge is 2.04. The van der Waals surface area contributed by atoms with Gasteiger partial charge in [0.15, 0.2) is 0 Å². The van der Waals surface area contributed by atoms with Gasteiger partial charge in [0.1, 0.15) is 24.2 Å². The van der Waals surface area contributed by atoms with Gasteiger partial charge in [0.05, 0.1) is 23.7 Å². The van der Waals surface area contributed by atoms with Gasteiger partial charge in [-0.1, -0.05) is 29.3 Å². The molecule has 6 heteroatoms. The van der Waals surface area contributed by atoms with E-state index in [4.69, 9.17) is 32.7 Å². The molecular formula is C17H17Cl2NO3. The number of ether oxygens (including phenoxy) is 2. The number of aliphatic imine (C=N–C) groups is 1.